The lowest BCUT2D eigenvalue weighted by atomic mass is 9.95. The van der Waals surface area contributed by atoms with Gasteiger partial charge in [0.25, 0.3) is 0 Å². The van der Waals surface area contributed by atoms with E-state index in [2.05, 4.69) is 14.9 Å². The zero-order chi connectivity index (χ0) is 34.0. The van der Waals surface area contributed by atoms with Crippen LogP contribution >= 0.6 is 0 Å². The van der Waals surface area contributed by atoms with Crippen molar-refractivity contribution < 1.29 is 31.8 Å². The maximum atomic E-state index is 16.7. The molecule has 48 heavy (non-hydrogen) atoms. The first-order chi connectivity index (χ1) is 22.8. The maximum Gasteiger partial charge on any atom is 0.410 e. The van der Waals surface area contributed by atoms with Gasteiger partial charge in [-0.15, -0.1) is 0 Å². The minimum atomic E-state index is -0.955. The van der Waals surface area contributed by atoms with Crippen molar-refractivity contribution in [2.45, 2.75) is 69.8 Å². The minimum Gasteiger partial charge on any atom is -0.461 e. The zero-order valence-electron chi connectivity index (χ0n) is 27.4. The van der Waals surface area contributed by atoms with Gasteiger partial charge in [-0.3, -0.25) is 9.88 Å². The summed E-state index contributed by atoms with van der Waals surface area (Å²) in [7, 11) is 1.80. The third-order valence-corrected chi connectivity index (χ3v) is 9.72. The number of aromatic nitrogens is 3. The highest BCUT2D eigenvalue weighted by Crippen LogP contribution is 2.41. The molecule has 2 aromatic carbocycles. The van der Waals surface area contributed by atoms with Crippen LogP contribution < -0.4 is 9.64 Å². The number of likely N-dealkylation sites (tertiary alicyclic amines) is 1. The lowest BCUT2D eigenvalue weighted by Gasteiger charge is -2.31. The summed E-state index contributed by atoms with van der Waals surface area (Å²) in [5.41, 5.74) is -1.24. The standard InChI is InChI=1S/C35H38F4N6O3/c1-34(2,3)48-33(46)44-12-9-23(18-44)43(4)31-25-16-40-29(24-8-5-7-20-13-21(36)14-26(38)27(20)24)28(39)30(25)41-32(42-31)47-19-35-10-6-11-45(35)17-22(37)15-35/h5,7-8,13-14,16,22-23H,6,9-12,15,17-19H2,1-4H3/t22-,23-,35+/m1/s1. The number of ether oxygens (including phenoxy) is 2. The van der Waals surface area contributed by atoms with Crippen LogP contribution in [-0.4, -0.2) is 94.0 Å². The Labute approximate surface area is 275 Å². The summed E-state index contributed by atoms with van der Waals surface area (Å²) < 4.78 is 72.0. The molecule has 0 radical (unpaired) electrons. The second-order valence-electron chi connectivity index (χ2n) is 14.1. The Bertz CT molecular complexity index is 1900. The summed E-state index contributed by atoms with van der Waals surface area (Å²) in [6, 6.07) is 6.31. The van der Waals surface area contributed by atoms with Crippen molar-refractivity contribution in [2.75, 3.05) is 44.7 Å². The Morgan fingerprint density at radius 2 is 1.94 bits per heavy atom. The number of halogens is 4. The Morgan fingerprint density at radius 3 is 2.73 bits per heavy atom. The summed E-state index contributed by atoms with van der Waals surface area (Å²) in [5.74, 6) is -2.07. The smallest absolute Gasteiger partial charge is 0.410 e. The van der Waals surface area contributed by atoms with Crippen molar-refractivity contribution in [3.63, 3.8) is 0 Å². The van der Waals surface area contributed by atoms with Crippen molar-refractivity contribution in [1.29, 1.82) is 0 Å². The minimum absolute atomic E-state index is 0.0307. The number of hydrogen-bond acceptors (Lipinski definition) is 8. The van der Waals surface area contributed by atoms with E-state index in [1.54, 1.807) is 24.1 Å². The second kappa shape index (κ2) is 12.0. The molecular formula is C35H38F4N6O3. The number of anilines is 1. The summed E-state index contributed by atoms with van der Waals surface area (Å²) in [4.78, 5) is 32.0. The molecule has 3 atom stereocenters. The van der Waals surface area contributed by atoms with Gasteiger partial charge in [0.15, 0.2) is 5.82 Å². The average molecular weight is 667 g/mol. The van der Waals surface area contributed by atoms with Crippen LogP contribution in [0.2, 0.25) is 0 Å². The summed E-state index contributed by atoms with van der Waals surface area (Å²) in [6.07, 6.45) is 2.70. The van der Waals surface area contributed by atoms with Gasteiger partial charge in [0, 0.05) is 62.4 Å². The number of fused-ring (bicyclic) bond motifs is 3. The number of alkyl halides is 1. The van der Waals surface area contributed by atoms with Gasteiger partial charge in [-0.25, -0.2) is 22.4 Å². The van der Waals surface area contributed by atoms with Crippen LogP contribution in [0.25, 0.3) is 32.9 Å². The number of carbonyl (C=O) groups is 1. The fraction of sp³-hybridized carbons (Fsp3) is 0.486. The highest BCUT2D eigenvalue weighted by atomic mass is 19.1. The van der Waals surface area contributed by atoms with E-state index in [1.165, 1.54) is 18.3 Å². The SMILES string of the molecule is CN(c1nc(OC[C@@]23CCCN2C[C@H](F)C3)nc2c(F)c(-c3cccc4cc(F)cc(F)c34)ncc12)[C@@H]1CCN(C(=O)OC(C)(C)C)C1. The van der Waals surface area contributed by atoms with E-state index < -0.39 is 40.9 Å². The first-order valence-electron chi connectivity index (χ1n) is 16.3. The molecule has 254 valence electrons. The van der Waals surface area contributed by atoms with Crippen LogP contribution in [0.1, 0.15) is 46.5 Å². The maximum absolute atomic E-state index is 16.7. The molecule has 3 saturated heterocycles. The van der Waals surface area contributed by atoms with Crippen LogP contribution in [0, 0.1) is 17.5 Å². The second-order valence-corrected chi connectivity index (χ2v) is 14.1. The summed E-state index contributed by atoms with van der Waals surface area (Å²) in [5, 5.41) is 0.583. The molecule has 0 saturated carbocycles. The third-order valence-electron chi connectivity index (χ3n) is 9.72. The van der Waals surface area contributed by atoms with Gasteiger partial charge >= 0.3 is 12.1 Å². The predicted octanol–water partition coefficient (Wildman–Crippen LogP) is 6.66. The fourth-order valence-corrected chi connectivity index (χ4v) is 7.45. The molecule has 3 aliphatic rings. The van der Waals surface area contributed by atoms with Crippen molar-refractivity contribution in [3.8, 4) is 17.3 Å². The summed E-state index contributed by atoms with van der Waals surface area (Å²) >= 11 is 0. The van der Waals surface area contributed by atoms with Crippen molar-refractivity contribution in [2.24, 2.45) is 0 Å². The Hall–Kier alpha value is -4.26. The largest absolute Gasteiger partial charge is 0.461 e. The van der Waals surface area contributed by atoms with Crippen molar-refractivity contribution >= 4 is 33.6 Å². The van der Waals surface area contributed by atoms with Gasteiger partial charge in [-0.2, -0.15) is 9.97 Å². The average Bonchev–Trinajstić information content (AvgIpc) is 3.73. The molecule has 9 nitrogen and oxygen atoms in total. The molecule has 1 amide bonds. The molecule has 5 heterocycles. The number of carbonyl (C=O) groups excluding carboxylic acids is 1. The molecule has 3 aliphatic heterocycles. The molecule has 0 aliphatic carbocycles. The fourth-order valence-electron chi connectivity index (χ4n) is 7.45. The van der Waals surface area contributed by atoms with Crippen LogP contribution in [-0.2, 0) is 4.74 Å². The lowest BCUT2D eigenvalue weighted by Crippen LogP contribution is -2.43. The summed E-state index contributed by atoms with van der Waals surface area (Å²) in [6.45, 7) is 7.50. The molecular weight excluding hydrogens is 628 g/mol. The van der Waals surface area contributed by atoms with E-state index in [4.69, 9.17) is 14.5 Å². The van der Waals surface area contributed by atoms with Crippen molar-refractivity contribution in [3.05, 3.63) is 54.0 Å². The van der Waals surface area contributed by atoms with E-state index in [1.807, 2.05) is 25.7 Å². The molecule has 0 N–H and O–H groups in total. The lowest BCUT2D eigenvalue weighted by molar-refractivity contribution is 0.0292. The van der Waals surface area contributed by atoms with Crippen LogP contribution in [0.4, 0.5) is 28.2 Å². The molecule has 3 fully saturated rings. The van der Waals surface area contributed by atoms with E-state index in [0.29, 0.717) is 43.7 Å². The number of likely N-dealkylation sites (N-methyl/N-ethyl adjacent to an activating group) is 1. The first kappa shape index (κ1) is 32.3. The number of pyridine rings is 1. The predicted molar refractivity (Wildman–Crippen MR) is 173 cm³/mol. The topological polar surface area (TPSA) is 83.9 Å². The Morgan fingerprint density at radius 1 is 1.12 bits per heavy atom. The quantitative estimate of drug-likeness (QED) is 0.211. The van der Waals surface area contributed by atoms with Crippen LogP contribution in [0.15, 0.2) is 36.5 Å². The first-order valence-corrected chi connectivity index (χ1v) is 16.3. The van der Waals surface area contributed by atoms with Crippen LogP contribution in [0.3, 0.4) is 0 Å². The normalized spacial score (nSPS) is 22.9. The monoisotopic (exact) mass is 666 g/mol. The van der Waals surface area contributed by atoms with E-state index >= 15 is 8.78 Å². The van der Waals surface area contributed by atoms with E-state index in [-0.39, 0.29) is 46.2 Å². The number of rotatable bonds is 6. The third kappa shape index (κ3) is 5.86. The van der Waals surface area contributed by atoms with Crippen LogP contribution in [0.5, 0.6) is 6.01 Å². The molecule has 0 spiro atoms. The van der Waals surface area contributed by atoms with Gasteiger partial charge in [0.1, 0.15) is 47.0 Å². The van der Waals surface area contributed by atoms with Gasteiger partial charge < -0.3 is 19.3 Å². The number of benzene rings is 2. The van der Waals surface area contributed by atoms with Gasteiger partial charge in [-0.1, -0.05) is 18.2 Å². The molecule has 4 aromatic rings. The highest BCUT2D eigenvalue weighted by Gasteiger charge is 2.49. The molecule has 2 aromatic heterocycles. The molecule has 0 bridgehead atoms. The number of hydrogen-bond donors (Lipinski definition) is 0. The Balaban J connectivity index is 1.29. The molecule has 13 heteroatoms. The van der Waals surface area contributed by atoms with Gasteiger partial charge in [-0.05, 0) is 58.0 Å². The van der Waals surface area contributed by atoms with E-state index in [0.717, 1.165) is 25.5 Å². The highest BCUT2D eigenvalue weighted by molar-refractivity contribution is 5.99. The van der Waals surface area contributed by atoms with E-state index in [9.17, 15) is 13.6 Å². The van der Waals surface area contributed by atoms with Gasteiger partial charge in [0.05, 0.1) is 10.9 Å². The number of nitrogens with zero attached hydrogens (tertiary/aromatic N) is 6. The van der Waals surface area contributed by atoms with Crippen molar-refractivity contribution in [1.82, 2.24) is 24.8 Å². The molecule has 0 unspecified atom stereocenters. The Kier molecular flexibility index (Phi) is 8.08. The molecule has 7 rings (SSSR count). The van der Waals surface area contributed by atoms with Gasteiger partial charge in [0.2, 0.25) is 0 Å². The zero-order valence-corrected chi connectivity index (χ0v) is 27.4. The number of amides is 1.